The molecular weight excluding hydrogens is 244 g/mol. The molecule has 2 N–H and O–H groups in total. The maximum Gasteiger partial charge on any atom is 0.255 e. The van der Waals surface area contributed by atoms with Crippen molar-refractivity contribution in [3.8, 4) is 11.5 Å². The van der Waals surface area contributed by atoms with Crippen molar-refractivity contribution in [2.24, 2.45) is 0 Å². The molecule has 2 aliphatic rings. The Balaban J connectivity index is 1.75. The quantitative estimate of drug-likeness (QED) is 0.833. The summed E-state index contributed by atoms with van der Waals surface area (Å²) in [7, 11) is 0. The Morgan fingerprint density at radius 2 is 2.00 bits per heavy atom. The zero-order chi connectivity index (χ0) is 13.1. The van der Waals surface area contributed by atoms with Crippen LogP contribution < -0.4 is 20.1 Å². The van der Waals surface area contributed by atoms with Gasteiger partial charge in [0.25, 0.3) is 5.91 Å². The minimum absolute atomic E-state index is 0.0748. The number of hydrogen-bond acceptors (Lipinski definition) is 4. The number of ether oxygens (including phenoxy) is 2. The van der Waals surface area contributed by atoms with Crippen LogP contribution in [0.15, 0.2) is 18.2 Å². The van der Waals surface area contributed by atoms with Gasteiger partial charge < -0.3 is 20.1 Å². The lowest BCUT2D eigenvalue weighted by molar-refractivity contribution is 0.0918. The van der Waals surface area contributed by atoms with Crippen molar-refractivity contribution in [1.82, 2.24) is 10.6 Å². The van der Waals surface area contributed by atoms with E-state index < -0.39 is 0 Å². The first-order chi connectivity index (χ1) is 9.34. The van der Waals surface area contributed by atoms with Crippen LogP contribution in [0.2, 0.25) is 0 Å². The van der Waals surface area contributed by atoms with Gasteiger partial charge in [0.1, 0.15) is 13.2 Å². The van der Waals surface area contributed by atoms with E-state index in [1.165, 1.54) is 0 Å². The van der Waals surface area contributed by atoms with E-state index in [4.69, 9.17) is 9.47 Å². The van der Waals surface area contributed by atoms with Crippen molar-refractivity contribution in [3.05, 3.63) is 23.8 Å². The molecule has 0 spiro atoms. The highest BCUT2D eigenvalue weighted by molar-refractivity contribution is 5.98. The van der Waals surface area contributed by atoms with Gasteiger partial charge in [-0.2, -0.15) is 0 Å². The van der Waals surface area contributed by atoms with Crippen LogP contribution in [0.25, 0.3) is 0 Å². The van der Waals surface area contributed by atoms with Crippen molar-refractivity contribution in [2.45, 2.75) is 18.9 Å². The van der Waals surface area contributed by atoms with Crippen molar-refractivity contribution in [2.75, 3.05) is 26.3 Å². The average molecular weight is 262 g/mol. The Hall–Kier alpha value is -1.75. The van der Waals surface area contributed by atoms with E-state index in [1.54, 1.807) is 6.07 Å². The molecule has 0 saturated carbocycles. The summed E-state index contributed by atoms with van der Waals surface area (Å²) in [5, 5.41) is 6.35. The summed E-state index contributed by atoms with van der Waals surface area (Å²) in [6, 6.07) is 5.68. The van der Waals surface area contributed by atoms with Crippen molar-refractivity contribution in [1.29, 1.82) is 0 Å². The maximum atomic E-state index is 12.3. The molecule has 5 heteroatoms. The van der Waals surface area contributed by atoms with Crippen LogP contribution in [0.1, 0.15) is 23.2 Å². The smallest absolute Gasteiger partial charge is 0.255 e. The van der Waals surface area contributed by atoms with Gasteiger partial charge in [0.2, 0.25) is 0 Å². The third kappa shape index (κ3) is 2.66. The highest BCUT2D eigenvalue weighted by atomic mass is 16.6. The van der Waals surface area contributed by atoms with E-state index in [-0.39, 0.29) is 11.9 Å². The topological polar surface area (TPSA) is 59.6 Å². The molecule has 1 amide bonds. The largest absolute Gasteiger partial charge is 0.486 e. The lowest BCUT2D eigenvalue weighted by atomic mass is 10.1. The first-order valence-electron chi connectivity index (χ1n) is 6.75. The number of piperidine rings is 1. The zero-order valence-electron chi connectivity index (χ0n) is 10.8. The lowest BCUT2D eigenvalue weighted by Gasteiger charge is -2.25. The summed E-state index contributed by atoms with van der Waals surface area (Å²) in [4.78, 5) is 12.3. The van der Waals surface area contributed by atoms with Crippen LogP contribution in [0.4, 0.5) is 0 Å². The van der Waals surface area contributed by atoms with Gasteiger partial charge in [-0.15, -0.1) is 0 Å². The number of carbonyl (C=O) groups is 1. The number of hydrogen-bond donors (Lipinski definition) is 2. The second kappa shape index (κ2) is 5.48. The molecule has 1 saturated heterocycles. The number of benzene rings is 1. The number of rotatable bonds is 2. The van der Waals surface area contributed by atoms with E-state index in [0.717, 1.165) is 25.9 Å². The zero-order valence-corrected chi connectivity index (χ0v) is 10.8. The van der Waals surface area contributed by atoms with Crippen molar-refractivity contribution >= 4 is 5.91 Å². The Bertz CT molecular complexity index is 470. The minimum atomic E-state index is -0.0748. The fraction of sp³-hybridized carbons (Fsp3) is 0.500. The van der Waals surface area contributed by atoms with Gasteiger partial charge in [-0.3, -0.25) is 4.79 Å². The standard InChI is InChI=1S/C14H18N2O3/c17-14(16-10-4-6-15-7-5-10)11-2-1-3-12-13(11)19-9-8-18-12/h1-3,10,15H,4-9H2,(H,16,17). The predicted octanol–water partition coefficient (Wildman–Crippen LogP) is 0.940. The molecule has 0 radical (unpaired) electrons. The maximum absolute atomic E-state index is 12.3. The highest BCUT2D eigenvalue weighted by Gasteiger charge is 2.22. The van der Waals surface area contributed by atoms with Gasteiger partial charge in [-0.05, 0) is 38.1 Å². The molecule has 1 fully saturated rings. The Morgan fingerprint density at radius 3 is 2.84 bits per heavy atom. The average Bonchev–Trinajstić information content (AvgIpc) is 2.47. The van der Waals surface area contributed by atoms with E-state index in [2.05, 4.69) is 10.6 Å². The fourth-order valence-corrected chi connectivity index (χ4v) is 2.48. The minimum Gasteiger partial charge on any atom is -0.486 e. The molecule has 1 aromatic carbocycles. The van der Waals surface area contributed by atoms with Gasteiger partial charge in [0.15, 0.2) is 11.5 Å². The van der Waals surface area contributed by atoms with Crippen molar-refractivity contribution < 1.29 is 14.3 Å². The first kappa shape index (κ1) is 12.3. The normalized spacial score (nSPS) is 18.9. The molecule has 0 atom stereocenters. The number of para-hydroxylation sites is 1. The molecule has 19 heavy (non-hydrogen) atoms. The Kier molecular flexibility index (Phi) is 3.55. The summed E-state index contributed by atoms with van der Waals surface area (Å²) >= 11 is 0. The van der Waals surface area contributed by atoms with E-state index >= 15 is 0 Å². The van der Waals surface area contributed by atoms with Gasteiger partial charge in [-0.25, -0.2) is 0 Å². The molecule has 2 heterocycles. The molecule has 2 aliphatic heterocycles. The summed E-state index contributed by atoms with van der Waals surface area (Å²) in [6.07, 6.45) is 1.94. The molecule has 0 aromatic heterocycles. The van der Waals surface area contributed by atoms with Crippen LogP contribution in [-0.4, -0.2) is 38.3 Å². The van der Waals surface area contributed by atoms with Gasteiger partial charge in [0, 0.05) is 6.04 Å². The fourth-order valence-electron chi connectivity index (χ4n) is 2.48. The molecule has 0 bridgehead atoms. The SMILES string of the molecule is O=C(NC1CCNCC1)c1cccc2c1OCCO2. The highest BCUT2D eigenvalue weighted by Crippen LogP contribution is 2.33. The molecule has 102 valence electrons. The van der Waals surface area contributed by atoms with Crippen molar-refractivity contribution in [3.63, 3.8) is 0 Å². The second-order valence-corrected chi connectivity index (χ2v) is 4.83. The van der Waals surface area contributed by atoms with E-state index in [0.29, 0.717) is 30.3 Å². The summed E-state index contributed by atoms with van der Waals surface area (Å²) in [6.45, 7) is 2.94. The molecule has 0 aliphatic carbocycles. The van der Waals surface area contributed by atoms with Crippen LogP contribution in [0.3, 0.4) is 0 Å². The summed E-state index contributed by atoms with van der Waals surface area (Å²) in [5.41, 5.74) is 0.565. The van der Waals surface area contributed by atoms with Crippen LogP contribution in [0.5, 0.6) is 11.5 Å². The van der Waals surface area contributed by atoms with E-state index in [1.807, 2.05) is 12.1 Å². The molecule has 3 rings (SSSR count). The van der Waals surface area contributed by atoms with Crippen LogP contribution in [0, 0.1) is 0 Å². The van der Waals surface area contributed by atoms with Crippen LogP contribution >= 0.6 is 0 Å². The van der Waals surface area contributed by atoms with E-state index in [9.17, 15) is 4.79 Å². The van der Waals surface area contributed by atoms with Crippen LogP contribution in [-0.2, 0) is 0 Å². The second-order valence-electron chi connectivity index (χ2n) is 4.83. The van der Waals surface area contributed by atoms with Gasteiger partial charge in [-0.1, -0.05) is 6.07 Å². The molecule has 5 nitrogen and oxygen atoms in total. The Labute approximate surface area is 112 Å². The number of fused-ring (bicyclic) bond motifs is 1. The number of amides is 1. The number of carbonyl (C=O) groups excluding carboxylic acids is 1. The third-order valence-electron chi connectivity index (χ3n) is 3.49. The third-order valence-corrected chi connectivity index (χ3v) is 3.49. The monoisotopic (exact) mass is 262 g/mol. The van der Waals surface area contributed by atoms with Gasteiger partial charge >= 0.3 is 0 Å². The Morgan fingerprint density at radius 1 is 1.21 bits per heavy atom. The number of nitrogens with one attached hydrogen (secondary N) is 2. The predicted molar refractivity (Wildman–Crippen MR) is 70.8 cm³/mol. The lowest BCUT2D eigenvalue weighted by Crippen LogP contribution is -2.42. The molecule has 0 unspecified atom stereocenters. The van der Waals surface area contributed by atoms with Gasteiger partial charge in [0.05, 0.1) is 5.56 Å². The first-order valence-corrected chi connectivity index (χ1v) is 6.75. The summed E-state index contributed by atoms with van der Waals surface area (Å²) in [5.74, 6) is 1.15. The molecule has 1 aromatic rings. The summed E-state index contributed by atoms with van der Waals surface area (Å²) < 4.78 is 11.1. The molecular formula is C14H18N2O3.